The van der Waals surface area contributed by atoms with Crippen LogP contribution in [-0.2, 0) is 6.42 Å². The lowest BCUT2D eigenvalue weighted by atomic mass is 9.73. The Balaban J connectivity index is 2.05. The fourth-order valence-corrected chi connectivity index (χ4v) is 3.09. The molecule has 1 fully saturated rings. The summed E-state index contributed by atoms with van der Waals surface area (Å²) in [6, 6.07) is 4.09. The van der Waals surface area contributed by atoms with Crippen molar-refractivity contribution in [1.29, 1.82) is 0 Å². The molecule has 1 aromatic heterocycles. The van der Waals surface area contributed by atoms with Gasteiger partial charge in [-0.05, 0) is 62.0 Å². The first-order chi connectivity index (χ1) is 8.58. The maximum Gasteiger partial charge on any atom is 0.0572 e. The zero-order valence-corrected chi connectivity index (χ0v) is 11.8. The third-order valence-electron chi connectivity index (χ3n) is 4.50. The van der Waals surface area contributed by atoms with Crippen molar-refractivity contribution in [2.75, 3.05) is 0 Å². The van der Waals surface area contributed by atoms with Crippen LogP contribution in [0.5, 0.6) is 0 Å². The van der Waals surface area contributed by atoms with Gasteiger partial charge in [0.25, 0.3) is 0 Å². The van der Waals surface area contributed by atoms with Gasteiger partial charge in [0, 0.05) is 11.9 Å². The van der Waals surface area contributed by atoms with E-state index in [9.17, 15) is 5.11 Å². The summed E-state index contributed by atoms with van der Waals surface area (Å²) in [5.41, 5.74) is 2.40. The molecule has 3 unspecified atom stereocenters. The average Bonchev–Trinajstić information content (AvgIpc) is 2.34. The predicted molar refractivity (Wildman–Crippen MR) is 74.4 cm³/mol. The highest BCUT2D eigenvalue weighted by Crippen LogP contribution is 2.35. The van der Waals surface area contributed by atoms with Crippen LogP contribution in [0.25, 0.3) is 0 Å². The van der Waals surface area contributed by atoms with Gasteiger partial charge in [0.1, 0.15) is 0 Å². The molecular weight excluding hydrogens is 222 g/mol. The van der Waals surface area contributed by atoms with Gasteiger partial charge in [-0.15, -0.1) is 0 Å². The number of rotatable bonds is 3. The molecule has 2 rings (SSSR count). The minimum atomic E-state index is -0.138. The number of aryl methyl sites for hydroxylation is 1. The molecular formula is C16H25NO. The van der Waals surface area contributed by atoms with Gasteiger partial charge >= 0.3 is 0 Å². The molecule has 0 aromatic carbocycles. The number of pyridine rings is 1. The van der Waals surface area contributed by atoms with Gasteiger partial charge < -0.3 is 5.11 Å². The first-order valence-electron chi connectivity index (χ1n) is 7.16. The van der Waals surface area contributed by atoms with Crippen molar-refractivity contribution < 1.29 is 5.11 Å². The first-order valence-corrected chi connectivity index (χ1v) is 7.16. The van der Waals surface area contributed by atoms with Crippen molar-refractivity contribution in [2.45, 2.75) is 52.6 Å². The molecule has 2 heteroatoms. The van der Waals surface area contributed by atoms with Crippen LogP contribution in [-0.4, -0.2) is 16.2 Å². The minimum absolute atomic E-state index is 0.138. The van der Waals surface area contributed by atoms with Gasteiger partial charge in [-0.25, -0.2) is 0 Å². The van der Waals surface area contributed by atoms with E-state index < -0.39 is 0 Å². The van der Waals surface area contributed by atoms with Crippen molar-refractivity contribution in [3.05, 3.63) is 29.6 Å². The van der Waals surface area contributed by atoms with Crippen LogP contribution in [0, 0.1) is 24.7 Å². The van der Waals surface area contributed by atoms with Gasteiger partial charge in [-0.2, -0.15) is 0 Å². The summed E-state index contributed by atoms with van der Waals surface area (Å²) >= 11 is 0. The normalized spacial score (nSPS) is 28.6. The summed E-state index contributed by atoms with van der Waals surface area (Å²) in [6.07, 6.45) is 5.93. The van der Waals surface area contributed by atoms with Gasteiger partial charge in [-0.1, -0.05) is 19.9 Å². The number of nitrogens with zero attached hydrogens (tertiary/aromatic N) is 1. The van der Waals surface area contributed by atoms with E-state index in [1.807, 2.05) is 12.3 Å². The van der Waals surface area contributed by atoms with E-state index in [2.05, 4.69) is 31.8 Å². The predicted octanol–water partition coefficient (Wildman–Crippen LogP) is 3.37. The van der Waals surface area contributed by atoms with E-state index in [0.29, 0.717) is 5.92 Å². The van der Waals surface area contributed by atoms with E-state index in [1.165, 1.54) is 12.0 Å². The molecule has 3 atom stereocenters. The van der Waals surface area contributed by atoms with Crippen molar-refractivity contribution in [1.82, 2.24) is 4.98 Å². The van der Waals surface area contributed by atoms with Crippen LogP contribution in [0.4, 0.5) is 0 Å². The molecule has 0 bridgehead atoms. The Hall–Kier alpha value is -0.890. The Morgan fingerprint density at radius 3 is 2.83 bits per heavy atom. The van der Waals surface area contributed by atoms with Crippen LogP contribution in [0.2, 0.25) is 0 Å². The summed E-state index contributed by atoms with van der Waals surface area (Å²) in [7, 11) is 0. The summed E-state index contributed by atoms with van der Waals surface area (Å²) in [5.74, 6) is 1.88. The lowest BCUT2D eigenvalue weighted by Gasteiger charge is -2.35. The molecule has 0 radical (unpaired) electrons. The Labute approximate surface area is 110 Å². The Kier molecular flexibility index (Phi) is 4.39. The third kappa shape index (κ3) is 3.11. The number of aliphatic hydroxyl groups excluding tert-OH is 1. The zero-order valence-electron chi connectivity index (χ0n) is 11.8. The SMILES string of the molecule is Cc1cccnc1CC1CC(C(C)C)CCC1O. The molecule has 0 saturated heterocycles. The van der Waals surface area contributed by atoms with Crippen molar-refractivity contribution in [2.24, 2.45) is 17.8 Å². The molecule has 1 aliphatic rings. The largest absolute Gasteiger partial charge is 0.393 e. The fraction of sp³-hybridized carbons (Fsp3) is 0.688. The van der Waals surface area contributed by atoms with Gasteiger partial charge in [0.15, 0.2) is 0 Å². The monoisotopic (exact) mass is 247 g/mol. The fourth-order valence-electron chi connectivity index (χ4n) is 3.09. The van der Waals surface area contributed by atoms with Gasteiger partial charge in [0.2, 0.25) is 0 Å². The topological polar surface area (TPSA) is 33.1 Å². The maximum absolute atomic E-state index is 10.2. The summed E-state index contributed by atoms with van der Waals surface area (Å²) in [6.45, 7) is 6.70. The molecule has 100 valence electrons. The second kappa shape index (κ2) is 5.83. The highest BCUT2D eigenvalue weighted by Gasteiger charge is 2.31. The van der Waals surface area contributed by atoms with E-state index in [1.54, 1.807) is 0 Å². The van der Waals surface area contributed by atoms with Gasteiger partial charge in [-0.3, -0.25) is 4.98 Å². The molecule has 1 saturated carbocycles. The highest BCUT2D eigenvalue weighted by atomic mass is 16.3. The molecule has 1 aromatic rings. The lowest BCUT2D eigenvalue weighted by molar-refractivity contribution is 0.0373. The lowest BCUT2D eigenvalue weighted by Crippen LogP contribution is -2.32. The molecule has 1 N–H and O–H groups in total. The molecule has 0 aliphatic heterocycles. The highest BCUT2D eigenvalue weighted by molar-refractivity contribution is 5.18. The van der Waals surface area contributed by atoms with Crippen molar-refractivity contribution >= 4 is 0 Å². The first kappa shape index (κ1) is 13.5. The smallest absolute Gasteiger partial charge is 0.0572 e. The molecule has 1 heterocycles. The molecule has 18 heavy (non-hydrogen) atoms. The Bertz CT molecular complexity index is 388. The zero-order chi connectivity index (χ0) is 13.1. The molecule has 1 aliphatic carbocycles. The van der Waals surface area contributed by atoms with E-state index in [0.717, 1.165) is 36.8 Å². The van der Waals surface area contributed by atoms with Crippen molar-refractivity contribution in [3.8, 4) is 0 Å². The minimum Gasteiger partial charge on any atom is -0.393 e. The molecule has 0 spiro atoms. The number of aliphatic hydroxyl groups is 1. The summed E-state index contributed by atoms with van der Waals surface area (Å²) in [4.78, 5) is 4.47. The van der Waals surface area contributed by atoms with Crippen LogP contribution in [0.15, 0.2) is 18.3 Å². The van der Waals surface area contributed by atoms with Gasteiger partial charge in [0.05, 0.1) is 6.10 Å². The number of aromatic nitrogens is 1. The van der Waals surface area contributed by atoms with Crippen LogP contribution in [0.1, 0.15) is 44.4 Å². The van der Waals surface area contributed by atoms with Crippen LogP contribution in [0.3, 0.4) is 0 Å². The summed E-state index contributed by atoms with van der Waals surface area (Å²) < 4.78 is 0. The van der Waals surface area contributed by atoms with Crippen molar-refractivity contribution in [3.63, 3.8) is 0 Å². The average molecular weight is 247 g/mol. The van der Waals surface area contributed by atoms with E-state index >= 15 is 0 Å². The third-order valence-corrected chi connectivity index (χ3v) is 4.50. The summed E-state index contributed by atoms with van der Waals surface area (Å²) in [5, 5.41) is 10.2. The quantitative estimate of drug-likeness (QED) is 0.888. The standard InChI is InChI=1S/C16H25NO/c1-11(2)13-6-7-16(18)14(9-13)10-15-12(3)5-4-8-17-15/h4-5,8,11,13-14,16,18H,6-7,9-10H2,1-3H3. The maximum atomic E-state index is 10.2. The second-order valence-electron chi connectivity index (χ2n) is 6.12. The Morgan fingerprint density at radius 1 is 1.39 bits per heavy atom. The second-order valence-corrected chi connectivity index (χ2v) is 6.12. The Morgan fingerprint density at radius 2 is 2.17 bits per heavy atom. The molecule has 0 amide bonds. The van der Waals surface area contributed by atoms with Crippen LogP contribution >= 0.6 is 0 Å². The molecule has 2 nitrogen and oxygen atoms in total. The number of hydrogen-bond donors (Lipinski definition) is 1. The van der Waals surface area contributed by atoms with Crippen LogP contribution < -0.4 is 0 Å². The number of hydrogen-bond acceptors (Lipinski definition) is 2. The van der Waals surface area contributed by atoms with E-state index in [-0.39, 0.29) is 6.10 Å². The van der Waals surface area contributed by atoms with E-state index in [4.69, 9.17) is 0 Å².